The smallest absolute Gasteiger partial charge is 0.356 e. The third-order valence-corrected chi connectivity index (χ3v) is 14.5. The van der Waals surface area contributed by atoms with Crippen molar-refractivity contribution < 1.29 is 22.4 Å². The molecule has 37 heavy (non-hydrogen) atoms. The molecular formula is C28H42N2O5SSi. The molecular weight excluding hydrogens is 504 g/mol. The van der Waals surface area contributed by atoms with Gasteiger partial charge < -0.3 is 9.16 Å². The fourth-order valence-corrected chi connectivity index (χ4v) is 6.81. The van der Waals surface area contributed by atoms with Crippen LogP contribution in [0.4, 0.5) is 0 Å². The summed E-state index contributed by atoms with van der Waals surface area (Å²) >= 11 is 0. The zero-order valence-electron chi connectivity index (χ0n) is 23.7. The van der Waals surface area contributed by atoms with Crippen LogP contribution in [0.5, 0.6) is 0 Å². The van der Waals surface area contributed by atoms with Crippen molar-refractivity contribution in [3.63, 3.8) is 0 Å². The Balaban J connectivity index is 2.15. The van der Waals surface area contributed by atoms with Crippen molar-refractivity contribution in [2.75, 3.05) is 13.2 Å². The molecule has 2 heterocycles. The highest BCUT2D eigenvalue weighted by atomic mass is 32.2. The highest BCUT2D eigenvalue weighted by molar-refractivity contribution is 7.90. The van der Waals surface area contributed by atoms with E-state index in [-0.39, 0.29) is 23.9 Å². The van der Waals surface area contributed by atoms with Gasteiger partial charge in [0, 0.05) is 24.3 Å². The van der Waals surface area contributed by atoms with E-state index in [1.807, 2.05) is 30.3 Å². The van der Waals surface area contributed by atoms with E-state index in [1.54, 1.807) is 38.1 Å². The van der Waals surface area contributed by atoms with Crippen LogP contribution in [0.15, 0.2) is 36.4 Å². The van der Waals surface area contributed by atoms with Crippen LogP contribution in [0.1, 0.15) is 82.5 Å². The van der Waals surface area contributed by atoms with Crippen molar-refractivity contribution in [2.45, 2.75) is 90.4 Å². The maximum absolute atomic E-state index is 13.8. The fourth-order valence-electron chi connectivity index (χ4n) is 4.19. The molecule has 3 rings (SSSR count). The minimum absolute atomic E-state index is 0.0447. The van der Waals surface area contributed by atoms with Crippen molar-refractivity contribution in [1.29, 1.82) is 0 Å². The van der Waals surface area contributed by atoms with E-state index < -0.39 is 35.1 Å². The first-order valence-electron chi connectivity index (χ1n) is 12.9. The number of nitrogens with zero attached hydrogens (tertiary/aromatic N) is 2. The quantitative estimate of drug-likeness (QED) is 0.284. The summed E-state index contributed by atoms with van der Waals surface area (Å²) in [6.45, 7) is 18.7. The molecule has 0 radical (unpaired) electrons. The SMILES string of the molecule is CCOC(=O)c1cc2c(c(-c3ccccc3)n1)[C@@H](CCO[Si](C)(C)C(C)(C)C)N(S(=O)(=O)C(C)(C)C)C2. The summed E-state index contributed by atoms with van der Waals surface area (Å²) in [6.07, 6.45) is 0.495. The Morgan fingerprint density at radius 1 is 1.11 bits per heavy atom. The number of esters is 1. The molecule has 1 aliphatic rings. The molecule has 0 aliphatic carbocycles. The molecule has 1 aromatic carbocycles. The lowest BCUT2D eigenvalue weighted by Gasteiger charge is -2.37. The van der Waals surface area contributed by atoms with E-state index >= 15 is 0 Å². The predicted octanol–water partition coefficient (Wildman–Crippen LogP) is 6.32. The first-order valence-corrected chi connectivity index (χ1v) is 17.3. The van der Waals surface area contributed by atoms with Gasteiger partial charge in [-0.1, -0.05) is 51.1 Å². The summed E-state index contributed by atoms with van der Waals surface area (Å²) < 4.78 is 39.9. The van der Waals surface area contributed by atoms with E-state index in [4.69, 9.17) is 14.1 Å². The van der Waals surface area contributed by atoms with Gasteiger partial charge in [-0.15, -0.1) is 0 Å². The molecule has 0 saturated carbocycles. The van der Waals surface area contributed by atoms with Crippen molar-refractivity contribution in [3.05, 3.63) is 53.2 Å². The average Bonchev–Trinajstić information content (AvgIpc) is 3.17. The highest BCUT2D eigenvalue weighted by Gasteiger charge is 2.46. The Kier molecular flexibility index (Phi) is 8.44. The van der Waals surface area contributed by atoms with E-state index in [1.165, 1.54) is 0 Å². The summed E-state index contributed by atoms with van der Waals surface area (Å²) in [5.74, 6) is -0.516. The van der Waals surface area contributed by atoms with Crippen LogP contribution in [0.3, 0.4) is 0 Å². The van der Waals surface area contributed by atoms with Gasteiger partial charge in [0.1, 0.15) is 5.69 Å². The van der Waals surface area contributed by atoms with Crippen molar-refractivity contribution in [1.82, 2.24) is 9.29 Å². The number of fused-ring (bicyclic) bond motifs is 1. The maximum Gasteiger partial charge on any atom is 0.356 e. The number of hydrogen-bond donors (Lipinski definition) is 0. The Morgan fingerprint density at radius 2 is 1.73 bits per heavy atom. The molecule has 0 unspecified atom stereocenters. The van der Waals surface area contributed by atoms with Crippen LogP contribution in [0.25, 0.3) is 11.3 Å². The second kappa shape index (κ2) is 10.6. The van der Waals surface area contributed by atoms with Crippen molar-refractivity contribution >= 4 is 24.3 Å². The van der Waals surface area contributed by atoms with Crippen LogP contribution >= 0.6 is 0 Å². The maximum atomic E-state index is 13.8. The van der Waals surface area contributed by atoms with Gasteiger partial charge in [-0.25, -0.2) is 18.2 Å². The molecule has 7 nitrogen and oxygen atoms in total. The monoisotopic (exact) mass is 546 g/mol. The van der Waals surface area contributed by atoms with E-state index in [2.05, 4.69) is 33.9 Å². The van der Waals surface area contributed by atoms with Crippen molar-refractivity contribution in [3.8, 4) is 11.3 Å². The number of carbonyl (C=O) groups is 1. The fraction of sp³-hybridized carbons (Fsp3) is 0.571. The number of benzene rings is 1. The van der Waals surface area contributed by atoms with E-state index in [0.717, 1.165) is 16.7 Å². The highest BCUT2D eigenvalue weighted by Crippen LogP contribution is 2.45. The minimum atomic E-state index is -3.68. The summed E-state index contributed by atoms with van der Waals surface area (Å²) in [7, 11) is -5.71. The summed E-state index contributed by atoms with van der Waals surface area (Å²) in [5, 5.41) is 0.0447. The zero-order chi connectivity index (χ0) is 27.8. The molecule has 0 fully saturated rings. The van der Waals surface area contributed by atoms with Gasteiger partial charge in [0.15, 0.2) is 8.32 Å². The molecule has 9 heteroatoms. The van der Waals surface area contributed by atoms with Gasteiger partial charge in [-0.3, -0.25) is 0 Å². The normalized spacial score (nSPS) is 17.1. The molecule has 1 aromatic heterocycles. The third-order valence-electron chi connectivity index (χ3n) is 7.43. The molecule has 1 aliphatic heterocycles. The third kappa shape index (κ3) is 6.00. The molecule has 0 amide bonds. The number of carbonyl (C=O) groups excluding carboxylic acids is 1. The van der Waals surface area contributed by atoms with Gasteiger partial charge in [-0.2, -0.15) is 4.31 Å². The molecule has 0 saturated heterocycles. The lowest BCUT2D eigenvalue weighted by molar-refractivity contribution is 0.0519. The molecule has 1 atom stereocenters. The van der Waals surface area contributed by atoms with Gasteiger partial charge in [0.2, 0.25) is 10.0 Å². The topological polar surface area (TPSA) is 85.8 Å². The van der Waals surface area contributed by atoms with E-state index in [0.29, 0.717) is 18.7 Å². The average molecular weight is 547 g/mol. The predicted molar refractivity (Wildman–Crippen MR) is 150 cm³/mol. The van der Waals surface area contributed by atoms with Gasteiger partial charge in [-0.05, 0) is 63.9 Å². The standard InChI is InChI=1S/C28H42N2O5SSi/c1-10-34-26(31)22-18-21-19-30(36(32,33)27(2,3)4)23(16-17-35-37(8,9)28(5,6)7)24(21)25(29-22)20-14-12-11-13-15-20/h11-15,18,23H,10,16-17,19H2,1-9H3/t23-/m1/s1. The lowest BCUT2D eigenvalue weighted by Crippen LogP contribution is -2.43. The lowest BCUT2D eigenvalue weighted by atomic mass is 9.96. The van der Waals surface area contributed by atoms with Crippen LogP contribution < -0.4 is 0 Å². The first kappa shape index (κ1) is 29.5. The molecule has 0 N–H and O–H groups in total. The van der Waals surface area contributed by atoms with Crippen LogP contribution in [-0.2, 0) is 25.7 Å². The number of aromatic nitrogens is 1. The molecule has 204 valence electrons. The minimum Gasteiger partial charge on any atom is -0.461 e. The number of pyridine rings is 1. The Bertz CT molecular complexity index is 1230. The van der Waals surface area contributed by atoms with Crippen LogP contribution in [0.2, 0.25) is 18.1 Å². The molecule has 0 bridgehead atoms. The van der Waals surface area contributed by atoms with Gasteiger partial charge in [0.05, 0.1) is 23.1 Å². The Morgan fingerprint density at radius 3 is 2.27 bits per heavy atom. The van der Waals surface area contributed by atoms with Crippen molar-refractivity contribution in [2.24, 2.45) is 0 Å². The molecule has 2 aromatic rings. The Labute approximate surface area is 223 Å². The number of rotatable bonds is 8. The van der Waals surface area contributed by atoms with E-state index in [9.17, 15) is 13.2 Å². The van der Waals surface area contributed by atoms with Crippen LogP contribution in [-0.4, -0.2) is 50.0 Å². The second-order valence-corrected chi connectivity index (χ2v) is 19.5. The van der Waals surface area contributed by atoms with Gasteiger partial charge >= 0.3 is 5.97 Å². The Hall–Kier alpha value is -2.07. The second-order valence-electron chi connectivity index (χ2n) is 12.1. The summed E-state index contributed by atoms with van der Waals surface area (Å²) in [6, 6.07) is 10.8. The number of ether oxygens (including phenoxy) is 1. The summed E-state index contributed by atoms with van der Waals surface area (Å²) in [5.41, 5.74) is 3.25. The van der Waals surface area contributed by atoms with Crippen LogP contribution in [0, 0.1) is 0 Å². The zero-order valence-corrected chi connectivity index (χ0v) is 25.5. The number of hydrogen-bond acceptors (Lipinski definition) is 6. The molecule has 0 spiro atoms. The van der Waals surface area contributed by atoms with Gasteiger partial charge in [0.25, 0.3) is 0 Å². The summed E-state index contributed by atoms with van der Waals surface area (Å²) in [4.78, 5) is 17.4. The number of sulfonamides is 1. The first-order chi connectivity index (χ1) is 17.0. The largest absolute Gasteiger partial charge is 0.461 e.